The fourth-order valence-corrected chi connectivity index (χ4v) is 6.36. The molecule has 0 bridgehead atoms. The molecule has 1 N–H and O–H groups in total. The van der Waals surface area contributed by atoms with Gasteiger partial charge in [-0.1, -0.05) is 31.2 Å². The van der Waals surface area contributed by atoms with Crippen LogP contribution in [0.3, 0.4) is 0 Å². The van der Waals surface area contributed by atoms with E-state index in [0.29, 0.717) is 37.1 Å². The van der Waals surface area contributed by atoms with E-state index >= 15 is 0 Å². The van der Waals surface area contributed by atoms with Crippen LogP contribution in [0, 0.1) is 12.4 Å². The molecule has 0 saturated carbocycles. The van der Waals surface area contributed by atoms with Gasteiger partial charge in [-0.3, -0.25) is 4.90 Å². The van der Waals surface area contributed by atoms with Gasteiger partial charge in [0, 0.05) is 54.2 Å². The summed E-state index contributed by atoms with van der Waals surface area (Å²) in [6.45, 7) is 16.5. The number of anilines is 2. The van der Waals surface area contributed by atoms with Crippen molar-refractivity contribution < 1.29 is 9.13 Å². The smallest absolute Gasteiger partial charge is 0.318 e. The van der Waals surface area contributed by atoms with Gasteiger partial charge in [0.1, 0.15) is 18.2 Å². The first kappa shape index (κ1) is 25.8. The fraction of sp³-hybridized carbons (Fsp3) is 0.500. The molecule has 1 aromatic heterocycles. The average molecular weight is 530 g/mol. The lowest BCUT2D eigenvalue weighted by atomic mass is 10.0. The number of nitrogens with one attached hydrogen (secondary N) is 1. The van der Waals surface area contributed by atoms with Crippen molar-refractivity contribution in [1.82, 2.24) is 20.2 Å². The molecule has 9 heteroatoms. The van der Waals surface area contributed by atoms with Crippen molar-refractivity contribution in [3.8, 4) is 6.01 Å². The maximum absolute atomic E-state index is 14.5. The van der Waals surface area contributed by atoms with E-state index in [-0.39, 0.29) is 11.9 Å². The molecule has 2 atom stereocenters. The lowest BCUT2D eigenvalue weighted by Crippen LogP contribution is -2.52. The van der Waals surface area contributed by atoms with Gasteiger partial charge in [0.25, 0.3) is 0 Å². The number of hydrogen-bond donors (Lipinski definition) is 1. The van der Waals surface area contributed by atoms with E-state index in [1.807, 2.05) is 30.3 Å². The maximum atomic E-state index is 14.5. The van der Waals surface area contributed by atoms with Crippen LogP contribution in [0.5, 0.6) is 6.01 Å². The van der Waals surface area contributed by atoms with Gasteiger partial charge in [-0.15, -0.1) is 0 Å². The number of piperazine rings is 1. The molecule has 4 heterocycles. The third kappa shape index (κ3) is 5.23. The van der Waals surface area contributed by atoms with E-state index in [0.717, 1.165) is 80.3 Å². The molecule has 3 aliphatic heterocycles. The highest BCUT2D eigenvalue weighted by Gasteiger charge is 2.30. The van der Waals surface area contributed by atoms with E-state index in [1.54, 1.807) is 6.07 Å². The van der Waals surface area contributed by atoms with Crippen molar-refractivity contribution in [3.05, 3.63) is 64.9 Å². The number of likely N-dealkylation sites (N-methyl/N-ethyl adjacent to an activating group) is 1. The van der Waals surface area contributed by atoms with E-state index in [2.05, 4.69) is 31.8 Å². The fourth-order valence-electron chi connectivity index (χ4n) is 6.36. The third-order valence-electron chi connectivity index (χ3n) is 8.39. The Hall–Kier alpha value is -3.48. The number of fused-ring (bicyclic) bond motifs is 2. The second-order valence-corrected chi connectivity index (χ2v) is 10.7. The Labute approximate surface area is 229 Å². The molecule has 2 aromatic carbocycles. The molecule has 6 rings (SSSR count). The highest BCUT2D eigenvalue weighted by atomic mass is 19.1. The number of hydrogen-bond acceptors (Lipinski definition) is 7. The summed E-state index contributed by atoms with van der Waals surface area (Å²) in [4.78, 5) is 20.6. The minimum atomic E-state index is -0.201. The Morgan fingerprint density at radius 2 is 1.97 bits per heavy atom. The van der Waals surface area contributed by atoms with Crippen LogP contribution in [0.1, 0.15) is 31.0 Å². The molecule has 0 amide bonds. The molecule has 0 radical (unpaired) electrons. The zero-order valence-corrected chi connectivity index (χ0v) is 22.6. The topological polar surface area (TPSA) is 61.1 Å². The lowest BCUT2D eigenvalue weighted by molar-refractivity contribution is 0.170. The van der Waals surface area contributed by atoms with Crippen LogP contribution < -0.4 is 19.9 Å². The van der Waals surface area contributed by atoms with Crippen LogP contribution in [-0.4, -0.2) is 79.4 Å². The summed E-state index contributed by atoms with van der Waals surface area (Å²) in [5.41, 5.74) is 3.14. The first-order chi connectivity index (χ1) is 19.1. The van der Waals surface area contributed by atoms with Crippen molar-refractivity contribution in [2.45, 2.75) is 44.8 Å². The zero-order valence-electron chi connectivity index (χ0n) is 22.6. The van der Waals surface area contributed by atoms with Crippen LogP contribution in [0.2, 0.25) is 0 Å². The molecule has 204 valence electrons. The lowest BCUT2D eigenvalue weighted by Gasteiger charge is -2.37. The SMILES string of the molecule is [C-]#[N+]CC1CN(c2nc(OC[C@@H]3CCCN3CC)nc3c2CCN(c2ccc(F)c4ccccc24)C3)CCN1. The summed E-state index contributed by atoms with van der Waals surface area (Å²) in [6, 6.07) is 12.0. The Morgan fingerprint density at radius 3 is 2.82 bits per heavy atom. The number of benzene rings is 2. The molecule has 0 aliphatic carbocycles. The summed E-state index contributed by atoms with van der Waals surface area (Å²) in [6.07, 6.45) is 3.12. The molecule has 2 fully saturated rings. The standard InChI is InChI=1S/C30H36FN7O/c1-3-36-14-6-7-22(36)20-39-30-34-27-19-37(28-11-10-26(31)23-8-4-5-9-24(23)28)15-12-25(27)29(35-30)38-16-13-33-21(18-38)17-32-2/h4-5,8-11,21-22,33H,3,6-7,12-20H2,1H3/t21?,22-/m0/s1. The number of rotatable bonds is 7. The number of nitrogens with zero attached hydrogens (tertiary/aromatic N) is 6. The monoisotopic (exact) mass is 529 g/mol. The van der Waals surface area contributed by atoms with Gasteiger partial charge in [0.2, 0.25) is 6.54 Å². The van der Waals surface area contributed by atoms with Crippen molar-refractivity contribution in [2.75, 3.05) is 62.2 Å². The second kappa shape index (κ2) is 11.3. The van der Waals surface area contributed by atoms with Crippen molar-refractivity contribution in [2.24, 2.45) is 0 Å². The van der Waals surface area contributed by atoms with Crippen molar-refractivity contribution in [3.63, 3.8) is 0 Å². The number of aromatic nitrogens is 2. The summed E-state index contributed by atoms with van der Waals surface area (Å²) in [5.74, 6) is 0.738. The Balaban J connectivity index is 1.32. The summed E-state index contributed by atoms with van der Waals surface area (Å²) < 4.78 is 20.8. The molecule has 39 heavy (non-hydrogen) atoms. The Morgan fingerprint density at radius 1 is 1.10 bits per heavy atom. The summed E-state index contributed by atoms with van der Waals surface area (Å²) in [7, 11) is 0. The van der Waals surface area contributed by atoms with Gasteiger partial charge < -0.3 is 24.7 Å². The van der Waals surface area contributed by atoms with Gasteiger partial charge in [-0.2, -0.15) is 9.97 Å². The predicted molar refractivity (Wildman–Crippen MR) is 152 cm³/mol. The van der Waals surface area contributed by atoms with Gasteiger partial charge in [0.05, 0.1) is 18.3 Å². The molecular weight excluding hydrogens is 493 g/mol. The molecule has 0 spiro atoms. The van der Waals surface area contributed by atoms with Crippen LogP contribution in [0.15, 0.2) is 36.4 Å². The minimum absolute atomic E-state index is 0.119. The van der Waals surface area contributed by atoms with Gasteiger partial charge >= 0.3 is 6.01 Å². The molecule has 8 nitrogen and oxygen atoms in total. The minimum Gasteiger partial charge on any atom is -0.462 e. The number of halogens is 1. The highest BCUT2D eigenvalue weighted by molar-refractivity contribution is 5.94. The summed E-state index contributed by atoms with van der Waals surface area (Å²) >= 11 is 0. The van der Waals surface area contributed by atoms with Gasteiger partial charge in [0.15, 0.2) is 0 Å². The first-order valence-electron chi connectivity index (χ1n) is 14.1. The molecule has 3 aliphatic rings. The highest BCUT2D eigenvalue weighted by Crippen LogP contribution is 2.35. The van der Waals surface area contributed by atoms with Crippen LogP contribution in [-0.2, 0) is 13.0 Å². The quantitative estimate of drug-likeness (QED) is 0.466. The van der Waals surface area contributed by atoms with E-state index < -0.39 is 0 Å². The molecule has 2 saturated heterocycles. The zero-order chi connectivity index (χ0) is 26.8. The maximum Gasteiger partial charge on any atom is 0.318 e. The Bertz CT molecular complexity index is 1380. The van der Waals surface area contributed by atoms with E-state index in [9.17, 15) is 4.39 Å². The molecular formula is C30H36FN7O. The van der Waals surface area contributed by atoms with E-state index in [1.165, 1.54) is 6.42 Å². The first-order valence-corrected chi connectivity index (χ1v) is 14.1. The summed E-state index contributed by atoms with van der Waals surface area (Å²) in [5, 5.41) is 5.01. The van der Waals surface area contributed by atoms with Crippen molar-refractivity contribution in [1.29, 1.82) is 0 Å². The molecule has 3 aromatic rings. The van der Waals surface area contributed by atoms with Crippen LogP contribution >= 0.6 is 0 Å². The predicted octanol–water partition coefficient (Wildman–Crippen LogP) is 3.89. The van der Waals surface area contributed by atoms with Crippen LogP contribution in [0.4, 0.5) is 15.9 Å². The van der Waals surface area contributed by atoms with Gasteiger partial charge in [-0.05, 0) is 44.5 Å². The second-order valence-electron chi connectivity index (χ2n) is 10.7. The van der Waals surface area contributed by atoms with Crippen molar-refractivity contribution >= 4 is 22.3 Å². The third-order valence-corrected chi connectivity index (χ3v) is 8.39. The number of ether oxygens (including phenoxy) is 1. The molecule has 1 unspecified atom stereocenters. The normalized spacial score (nSPS) is 21.7. The van der Waals surface area contributed by atoms with Crippen LogP contribution in [0.25, 0.3) is 15.6 Å². The van der Waals surface area contributed by atoms with Gasteiger partial charge in [-0.25, -0.2) is 11.0 Å². The number of likely N-dealkylation sites (tertiary alicyclic amines) is 1. The van der Waals surface area contributed by atoms with E-state index in [4.69, 9.17) is 21.3 Å². The largest absolute Gasteiger partial charge is 0.462 e. The Kier molecular flexibility index (Phi) is 7.49. The average Bonchev–Trinajstić information content (AvgIpc) is 3.44.